The van der Waals surface area contributed by atoms with E-state index < -0.39 is 54.0 Å². The number of aliphatic hydroxyl groups excluding tert-OH is 1. The second-order valence-electron chi connectivity index (χ2n) is 7.07. The minimum Gasteiger partial charge on any atom is -0.480 e. The first-order valence-corrected chi connectivity index (χ1v) is 11.7. The van der Waals surface area contributed by atoms with E-state index in [-0.39, 0.29) is 18.1 Å². The monoisotopic (exact) mass is 466 g/mol. The summed E-state index contributed by atoms with van der Waals surface area (Å²) >= 11 is 5.42. The van der Waals surface area contributed by atoms with Crippen LogP contribution in [0.4, 0.5) is 0 Å². The van der Waals surface area contributed by atoms with E-state index in [1.807, 2.05) is 6.26 Å². The molecule has 0 rings (SSSR count). The average molecular weight is 467 g/mol. The number of aliphatic carboxylic acids is 1. The highest BCUT2D eigenvalue weighted by Gasteiger charge is 2.33. The lowest BCUT2D eigenvalue weighted by molar-refractivity contribution is -0.144. The fourth-order valence-electron chi connectivity index (χ4n) is 2.45. The van der Waals surface area contributed by atoms with Crippen molar-refractivity contribution >= 4 is 48.1 Å². The SMILES string of the molecule is CCC(C)C(NC(=O)C(NC(=O)C(CCSC)NC(=O)C(N)CS)C(C)O)C(=O)O. The van der Waals surface area contributed by atoms with Crippen LogP contribution >= 0.6 is 24.4 Å². The molecule has 0 aliphatic heterocycles. The number of carbonyl (C=O) groups excluding carboxylic acids is 3. The van der Waals surface area contributed by atoms with E-state index in [0.717, 1.165) is 0 Å². The minimum absolute atomic E-state index is 0.0909. The molecular weight excluding hydrogens is 432 g/mol. The zero-order chi connectivity index (χ0) is 23.4. The second-order valence-corrected chi connectivity index (χ2v) is 8.42. The van der Waals surface area contributed by atoms with Gasteiger partial charge >= 0.3 is 5.97 Å². The fraction of sp³-hybridized carbons (Fsp3) is 0.778. The van der Waals surface area contributed by atoms with Crippen LogP contribution in [-0.4, -0.2) is 81.9 Å². The van der Waals surface area contributed by atoms with Crippen LogP contribution in [0.1, 0.15) is 33.6 Å². The van der Waals surface area contributed by atoms with E-state index in [4.69, 9.17) is 5.73 Å². The minimum atomic E-state index is -1.39. The number of rotatable bonds is 14. The second kappa shape index (κ2) is 14.5. The van der Waals surface area contributed by atoms with Crippen molar-refractivity contribution < 1.29 is 29.4 Å². The highest BCUT2D eigenvalue weighted by Crippen LogP contribution is 2.09. The number of carboxylic acids is 1. The number of hydrogen-bond acceptors (Lipinski definition) is 8. The smallest absolute Gasteiger partial charge is 0.326 e. The molecule has 3 amide bonds. The molecule has 0 spiro atoms. The van der Waals surface area contributed by atoms with Crippen LogP contribution in [0.3, 0.4) is 0 Å². The average Bonchev–Trinajstić information content (AvgIpc) is 2.70. The largest absolute Gasteiger partial charge is 0.480 e. The van der Waals surface area contributed by atoms with Crippen LogP contribution < -0.4 is 21.7 Å². The summed E-state index contributed by atoms with van der Waals surface area (Å²) < 4.78 is 0. The number of thiol groups is 1. The summed E-state index contributed by atoms with van der Waals surface area (Å²) in [5.74, 6) is -2.99. The maximum absolute atomic E-state index is 12.7. The molecule has 0 fully saturated rings. The summed E-state index contributed by atoms with van der Waals surface area (Å²) in [6.07, 6.45) is 1.33. The highest BCUT2D eigenvalue weighted by atomic mass is 32.2. The Labute approximate surface area is 186 Å². The van der Waals surface area contributed by atoms with Crippen molar-refractivity contribution in [3.63, 3.8) is 0 Å². The summed E-state index contributed by atoms with van der Waals surface area (Å²) in [5.41, 5.74) is 5.63. The molecular formula is C18H34N4O6S2. The quantitative estimate of drug-likeness (QED) is 0.159. The first-order chi connectivity index (χ1) is 14.0. The molecule has 174 valence electrons. The fourth-order valence-corrected chi connectivity index (χ4v) is 3.09. The molecule has 0 saturated carbocycles. The maximum Gasteiger partial charge on any atom is 0.326 e. The molecule has 0 aromatic rings. The number of nitrogens with one attached hydrogen (secondary N) is 3. The summed E-state index contributed by atoms with van der Waals surface area (Å²) in [7, 11) is 0. The molecule has 0 aromatic carbocycles. The van der Waals surface area contributed by atoms with Gasteiger partial charge in [-0.1, -0.05) is 20.3 Å². The van der Waals surface area contributed by atoms with Crippen LogP contribution in [-0.2, 0) is 19.2 Å². The summed E-state index contributed by atoms with van der Waals surface area (Å²) in [4.78, 5) is 48.8. The van der Waals surface area contributed by atoms with Gasteiger partial charge in [0.15, 0.2) is 0 Å². The number of aliphatic hydroxyl groups is 1. The van der Waals surface area contributed by atoms with Crippen molar-refractivity contribution in [2.75, 3.05) is 17.8 Å². The molecule has 30 heavy (non-hydrogen) atoms. The van der Waals surface area contributed by atoms with E-state index in [2.05, 4.69) is 28.6 Å². The highest BCUT2D eigenvalue weighted by molar-refractivity contribution is 7.98. The maximum atomic E-state index is 12.7. The normalized spacial score (nSPS) is 17.0. The van der Waals surface area contributed by atoms with Crippen LogP contribution in [0, 0.1) is 5.92 Å². The van der Waals surface area contributed by atoms with Crippen LogP contribution in [0.25, 0.3) is 0 Å². The van der Waals surface area contributed by atoms with E-state index in [1.54, 1.807) is 13.8 Å². The zero-order valence-electron chi connectivity index (χ0n) is 17.8. The molecule has 0 radical (unpaired) electrons. The third kappa shape index (κ3) is 9.54. The lowest BCUT2D eigenvalue weighted by atomic mass is 9.98. The Balaban J connectivity index is 5.37. The Morgan fingerprint density at radius 3 is 2.03 bits per heavy atom. The number of nitrogens with two attached hydrogens (primary N) is 1. The first-order valence-electron chi connectivity index (χ1n) is 9.67. The molecule has 6 atom stereocenters. The van der Waals surface area contributed by atoms with Crippen molar-refractivity contribution in [3.8, 4) is 0 Å². The van der Waals surface area contributed by atoms with Gasteiger partial charge < -0.3 is 31.9 Å². The Kier molecular flexibility index (Phi) is 13.8. The van der Waals surface area contributed by atoms with Crippen LogP contribution in [0.5, 0.6) is 0 Å². The van der Waals surface area contributed by atoms with Gasteiger partial charge in [-0.05, 0) is 31.3 Å². The van der Waals surface area contributed by atoms with Crippen molar-refractivity contribution in [2.45, 2.75) is 63.9 Å². The van der Waals surface area contributed by atoms with Gasteiger partial charge in [-0.3, -0.25) is 14.4 Å². The Morgan fingerprint density at radius 2 is 1.60 bits per heavy atom. The van der Waals surface area contributed by atoms with Crippen LogP contribution in [0.15, 0.2) is 0 Å². The first kappa shape index (κ1) is 28.5. The van der Waals surface area contributed by atoms with Gasteiger partial charge in [0.1, 0.15) is 18.1 Å². The summed E-state index contributed by atoms with van der Waals surface area (Å²) in [5, 5.41) is 26.7. The summed E-state index contributed by atoms with van der Waals surface area (Å²) in [6, 6.07) is -4.44. The number of carbonyl (C=O) groups is 4. The number of thioether (sulfide) groups is 1. The van der Waals surface area contributed by atoms with E-state index in [1.165, 1.54) is 18.7 Å². The summed E-state index contributed by atoms with van der Waals surface area (Å²) in [6.45, 7) is 4.76. The topological polar surface area (TPSA) is 171 Å². The third-order valence-electron chi connectivity index (χ3n) is 4.62. The lowest BCUT2D eigenvalue weighted by Crippen LogP contribution is -2.60. The van der Waals surface area contributed by atoms with E-state index in [0.29, 0.717) is 12.2 Å². The number of hydrogen-bond donors (Lipinski definition) is 7. The molecule has 10 nitrogen and oxygen atoms in total. The Bertz CT molecular complexity index is 593. The van der Waals surface area contributed by atoms with Gasteiger partial charge in [-0.2, -0.15) is 24.4 Å². The Morgan fingerprint density at radius 1 is 1.03 bits per heavy atom. The van der Waals surface area contributed by atoms with Crippen molar-refractivity contribution in [1.29, 1.82) is 0 Å². The van der Waals surface area contributed by atoms with Crippen LogP contribution in [0.2, 0.25) is 0 Å². The van der Waals surface area contributed by atoms with Gasteiger partial charge in [0.25, 0.3) is 0 Å². The standard InChI is InChI=1S/C18H34N4O6S2/c1-5-9(2)13(18(27)28)21-17(26)14(10(3)23)22-16(25)12(6-7-30-4)20-15(24)11(19)8-29/h9-14,23,29H,5-8,19H2,1-4H3,(H,20,24)(H,21,26)(H,22,25)(H,27,28). The predicted molar refractivity (Wildman–Crippen MR) is 119 cm³/mol. The van der Waals surface area contributed by atoms with Crippen molar-refractivity contribution in [1.82, 2.24) is 16.0 Å². The molecule has 0 saturated heterocycles. The molecule has 7 N–H and O–H groups in total. The van der Waals surface area contributed by atoms with Crippen molar-refractivity contribution in [2.24, 2.45) is 11.7 Å². The van der Waals surface area contributed by atoms with Gasteiger partial charge in [-0.25, -0.2) is 4.79 Å². The Hall–Kier alpha value is -1.50. The zero-order valence-corrected chi connectivity index (χ0v) is 19.5. The van der Waals surface area contributed by atoms with Gasteiger partial charge in [0.05, 0.1) is 12.1 Å². The molecule has 6 unspecified atom stereocenters. The van der Waals surface area contributed by atoms with Gasteiger partial charge in [0, 0.05) is 5.75 Å². The molecule has 12 heteroatoms. The number of carboxylic acid groups (broad SMARTS) is 1. The number of amides is 3. The van der Waals surface area contributed by atoms with E-state index in [9.17, 15) is 29.4 Å². The lowest BCUT2D eigenvalue weighted by Gasteiger charge is -2.27. The third-order valence-corrected chi connectivity index (χ3v) is 5.65. The molecule has 0 bridgehead atoms. The van der Waals surface area contributed by atoms with Gasteiger partial charge in [-0.15, -0.1) is 0 Å². The molecule has 0 heterocycles. The van der Waals surface area contributed by atoms with E-state index >= 15 is 0 Å². The molecule has 0 aliphatic carbocycles. The van der Waals surface area contributed by atoms with Crippen molar-refractivity contribution in [3.05, 3.63) is 0 Å². The molecule has 0 aromatic heterocycles. The molecule has 0 aliphatic rings. The predicted octanol–water partition coefficient (Wildman–Crippen LogP) is -1.04. The van der Waals surface area contributed by atoms with Gasteiger partial charge in [0.2, 0.25) is 17.7 Å².